The van der Waals surface area contributed by atoms with Crippen molar-refractivity contribution in [1.29, 1.82) is 0 Å². The van der Waals surface area contributed by atoms with Crippen molar-refractivity contribution in [3.8, 4) is 0 Å². The molecule has 0 heterocycles. The van der Waals surface area contributed by atoms with Gasteiger partial charge in [0.15, 0.2) is 0 Å². The third kappa shape index (κ3) is 17.3. The minimum Gasteiger partial charge on any atom is -0.480 e. The number of aliphatic carboxylic acids is 1. The minimum absolute atomic E-state index is 0.00221. The van der Waals surface area contributed by atoms with Crippen LogP contribution in [0.1, 0.15) is 51.2 Å². The molecule has 0 spiro atoms. The van der Waals surface area contributed by atoms with E-state index in [1.54, 1.807) is 69.3 Å². The molecule has 2 aromatic carbocycles. The molecule has 1 atom stereocenters. The summed E-state index contributed by atoms with van der Waals surface area (Å²) in [6.45, 7) is 4.14. The van der Waals surface area contributed by atoms with E-state index in [4.69, 9.17) is 14.2 Å². The lowest BCUT2D eigenvalue weighted by atomic mass is 9.91. The van der Waals surface area contributed by atoms with Gasteiger partial charge in [-0.2, -0.15) is 0 Å². The number of hydrogen-bond donors (Lipinski definition) is 6. The monoisotopic (exact) mass is 699 g/mol. The Hall–Kier alpha value is -5.87. The largest absolute Gasteiger partial charge is 0.480 e. The second kappa shape index (κ2) is 21.2. The van der Waals surface area contributed by atoms with Crippen molar-refractivity contribution in [3.63, 3.8) is 0 Å². The van der Waals surface area contributed by atoms with Gasteiger partial charge in [-0.3, -0.25) is 30.2 Å². The highest BCUT2D eigenvalue weighted by atomic mass is 16.6. The van der Waals surface area contributed by atoms with Crippen LogP contribution >= 0.6 is 0 Å². The number of carbonyl (C=O) groups excluding carboxylic acids is 5. The van der Waals surface area contributed by atoms with Gasteiger partial charge in [-0.1, -0.05) is 81.4 Å². The van der Waals surface area contributed by atoms with E-state index < -0.39 is 60.5 Å². The van der Waals surface area contributed by atoms with Crippen molar-refractivity contribution >= 4 is 41.9 Å². The standard InChI is InChI=1S/C33H45N7O10/c1-33(2,3)18-27(42)40(20-28(43)44)19-26(41)35-25(29(45)48-4)16-11-17-34-30(36-38-31(46)49-21-23-12-7-5-8-13-23)37-39-32(47)50-22-24-14-9-6-10-15-24/h5-10,12-15,25H,11,16-22H2,1-4H3,(H,35,41)(H,38,46)(H,39,47)(H,43,44)(H2,34,36,37)/t25-/m0/s1. The predicted octanol–water partition coefficient (Wildman–Crippen LogP) is 1.99. The van der Waals surface area contributed by atoms with Crippen LogP contribution in [0.25, 0.3) is 0 Å². The summed E-state index contributed by atoms with van der Waals surface area (Å²) in [6, 6.07) is 16.8. The molecule has 17 heteroatoms. The molecule has 2 rings (SSSR count). The van der Waals surface area contributed by atoms with Crippen molar-refractivity contribution in [3.05, 3.63) is 71.8 Å². The van der Waals surface area contributed by atoms with E-state index >= 15 is 0 Å². The number of hydrogen-bond acceptors (Lipinski definition) is 10. The van der Waals surface area contributed by atoms with Crippen molar-refractivity contribution in [2.75, 3.05) is 26.7 Å². The van der Waals surface area contributed by atoms with Gasteiger partial charge < -0.3 is 29.5 Å². The zero-order chi connectivity index (χ0) is 36.9. The Balaban J connectivity index is 2.00. The molecule has 0 unspecified atom stereocenters. The molecule has 50 heavy (non-hydrogen) atoms. The van der Waals surface area contributed by atoms with Gasteiger partial charge in [-0.25, -0.2) is 25.2 Å². The topological polar surface area (TPSA) is 226 Å². The highest BCUT2D eigenvalue weighted by molar-refractivity contribution is 5.90. The maximum Gasteiger partial charge on any atom is 0.426 e. The van der Waals surface area contributed by atoms with Crippen molar-refractivity contribution in [2.24, 2.45) is 10.4 Å². The van der Waals surface area contributed by atoms with E-state index in [2.05, 4.69) is 32.0 Å². The molecule has 4 amide bonds. The molecular formula is C33H45N7O10. The average Bonchev–Trinajstić information content (AvgIpc) is 3.07. The van der Waals surface area contributed by atoms with Crippen molar-refractivity contribution in [2.45, 2.75) is 59.3 Å². The number of ether oxygens (including phenoxy) is 3. The summed E-state index contributed by atoms with van der Waals surface area (Å²) >= 11 is 0. The van der Waals surface area contributed by atoms with Crippen molar-refractivity contribution in [1.82, 2.24) is 31.9 Å². The van der Waals surface area contributed by atoms with Gasteiger partial charge in [0.1, 0.15) is 32.3 Å². The Morgan fingerprint density at radius 2 is 1.32 bits per heavy atom. The second-order valence-corrected chi connectivity index (χ2v) is 12.0. The fourth-order valence-corrected chi connectivity index (χ4v) is 4.10. The van der Waals surface area contributed by atoms with Crippen molar-refractivity contribution < 1.29 is 48.1 Å². The number of amides is 4. The number of benzene rings is 2. The molecule has 272 valence electrons. The Kier molecular flexibility index (Phi) is 17.1. The molecular weight excluding hydrogens is 654 g/mol. The third-order valence-corrected chi connectivity index (χ3v) is 6.43. The normalized spacial score (nSPS) is 11.1. The van der Waals surface area contributed by atoms with E-state index in [1.807, 2.05) is 12.1 Å². The maximum atomic E-state index is 12.8. The molecule has 0 bridgehead atoms. The van der Waals surface area contributed by atoms with Crippen LogP contribution in [0, 0.1) is 5.41 Å². The lowest BCUT2D eigenvalue weighted by molar-refractivity contribution is -0.148. The summed E-state index contributed by atoms with van der Waals surface area (Å²) in [5.41, 5.74) is 10.7. The number of carboxylic acid groups (broad SMARTS) is 1. The van der Waals surface area contributed by atoms with E-state index in [9.17, 15) is 33.9 Å². The van der Waals surface area contributed by atoms with Gasteiger partial charge >= 0.3 is 24.1 Å². The van der Waals surface area contributed by atoms with Crippen LogP contribution < -0.4 is 27.0 Å². The SMILES string of the molecule is COC(=O)[C@H](CCCN=C(NNC(=O)OCc1ccccc1)NNC(=O)OCc1ccccc1)NC(=O)CN(CC(=O)O)C(=O)CC(C)(C)C. The number of hydrazine groups is 2. The first-order chi connectivity index (χ1) is 23.8. The number of rotatable bonds is 15. The first-order valence-corrected chi connectivity index (χ1v) is 15.6. The number of carboxylic acids is 1. The number of methoxy groups -OCH3 is 1. The Morgan fingerprint density at radius 1 is 0.800 bits per heavy atom. The average molecular weight is 700 g/mol. The number of nitrogens with one attached hydrogen (secondary N) is 5. The highest BCUT2D eigenvalue weighted by Crippen LogP contribution is 2.19. The van der Waals surface area contributed by atoms with Gasteiger partial charge in [0, 0.05) is 13.0 Å². The molecule has 0 aliphatic carbocycles. The zero-order valence-electron chi connectivity index (χ0n) is 28.5. The molecule has 0 saturated carbocycles. The Labute approximate surface area is 290 Å². The first-order valence-electron chi connectivity index (χ1n) is 15.6. The number of guanidine groups is 1. The molecule has 2 aromatic rings. The number of nitrogens with zero attached hydrogens (tertiary/aromatic N) is 2. The highest BCUT2D eigenvalue weighted by Gasteiger charge is 2.27. The molecule has 0 fully saturated rings. The number of aliphatic imine (C=N–C) groups is 1. The zero-order valence-corrected chi connectivity index (χ0v) is 28.5. The van der Waals surface area contributed by atoms with Crippen LogP contribution in [0.2, 0.25) is 0 Å². The Morgan fingerprint density at radius 3 is 1.78 bits per heavy atom. The van der Waals surface area contributed by atoms with E-state index in [1.165, 1.54) is 0 Å². The van der Waals surface area contributed by atoms with Gasteiger partial charge in [-0.05, 0) is 29.4 Å². The summed E-state index contributed by atoms with van der Waals surface area (Å²) in [5.74, 6) is -3.47. The fourth-order valence-electron chi connectivity index (χ4n) is 4.10. The summed E-state index contributed by atoms with van der Waals surface area (Å²) in [5, 5.41) is 11.7. The van der Waals surface area contributed by atoms with Gasteiger partial charge in [0.25, 0.3) is 0 Å². The van der Waals surface area contributed by atoms with E-state index in [-0.39, 0.29) is 45.0 Å². The number of carbonyl (C=O) groups is 6. The van der Waals surface area contributed by atoms with Crippen LogP contribution in [-0.4, -0.2) is 84.7 Å². The third-order valence-electron chi connectivity index (χ3n) is 6.43. The maximum absolute atomic E-state index is 12.8. The predicted molar refractivity (Wildman–Crippen MR) is 180 cm³/mol. The summed E-state index contributed by atoms with van der Waals surface area (Å²) in [7, 11) is 1.14. The van der Waals surface area contributed by atoms with E-state index in [0.717, 1.165) is 23.1 Å². The van der Waals surface area contributed by atoms with Crippen LogP contribution in [-0.2, 0) is 46.6 Å². The number of esters is 1. The minimum atomic E-state index is -1.29. The molecule has 0 aromatic heterocycles. The molecule has 0 aliphatic rings. The summed E-state index contributed by atoms with van der Waals surface area (Å²) in [4.78, 5) is 78.9. The van der Waals surface area contributed by atoms with Gasteiger partial charge in [0.2, 0.25) is 17.8 Å². The van der Waals surface area contributed by atoms with Crippen LogP contribution in [0.4, 0.5) is 9.59 Å². The quantitative estimate of drug-likeness (QED) is 0.0392. The molecule has 6 N–H and O–H groups in total. The second-order valence-electron chi connectivity index (χ2n) is 12.0. The van der Waals surface area contributed by atoms with E-state index in [0.29, 0.717) is 0 Å². The summed E-state index contributed by atoms with van der Waals surface area (Å²) < 4.78 is 15.1. The molecule has 17 nitrogen and oxygen atoms in total. The van der Waals surface area contributed by atoms with Crippen LogP contribution in [0.5, 0.6) is 0 Å². The lowest BCUT2D eigenvalue weighted by Gasteiger charge is -2.26. The lowest BCUT2D eigenvalue weighted by Crippen LogP contribution is -2.53. The first kappa shape index (κ1) is 40.3. The fraction of sp³-hybridized carbons (Fsp3) is 0.424. The molecule has 0 saturated heterocycles. The molecule has 0 aliphatic heterocycles. The van der Waals surface area contributed by atoms with Gasteiger partial charge in [0.05, 0.1) is 7.11 Å². The molecule has 0 radical (unpaired) electrons. The van der Waals surface area contributed by atoms with Crippen LogP contribution in [0.15, 0.2) is 65.7 Å². The van der Waals surface area contributed by atoms with Gasteiger partial charge in [-0.15, -0.1) is 0 Å². The summed E-state index contributed by atoms with van der Waals surface area (Å²) in [6.07, 6.45) is -1.47. The smallest absolute Gasteiger partial charge is 0.426 e. The Bertz CT molecular complexity index is 1390. The van der Waals surface area contributed by atoms with Crippen LogP contribution in [0.3, 0.4) is 0 Å².